The van der Waals surface area contributed by atoms with Crippen LogP contribution in [-0.2, 0) is 4.74 Å². The topological polar surface area (TPSA) is 60.5 Å². The van der Waals surface area contributed by atoms with Gasteiger partial charge in [-0.15, -0.1) is 0 Å². The first-order chi connectivity index (χ1) is 10.8. The zero-order chi connectivity index (χ0) is 15.0. The monoisotopic (exact) mass is 301 g/mol. The first-order valence-corrected chi connectivity index (χ1v) is 7.69. The number of rotatable bonds is 2. The minimum absolute atomic E-state index is 0.0301. The van der Waals surface area contributed by atoms with Crippen LogP contribution in [0, 0.1) is 0 Å². The molecule has 6 nitrogen and oxygen atoms in total. The summed E-state index contributed by atoms with van der Waals surface area (Å²) in [4.78, 5) is 18.5. The summed E-state index contributed by atoms with van der Waals surface area (Å²) >= 11 is 0. The number of hydrogen-bond acceptors (Lipinski definition) is 4. The smallest absolute Gasteiger partial charge is 0.257 e. The second-order valence-electron chi connectivity index (χ2n) is 6.20. The molecule has 2 aliphatic rings. The molecule has 6 heteroatoms. The summed E-state index contributed by atoms with van der Waals surface area (Å²) in [5, 5.41) is 0. The predicted octanol–water partition coefficient (Wildman–Crippen LogP) is 2.11. The molecule has 2 aliphatic heterocycles. The lowest BCUT2D eigenvalue weighted by molar-refractivity contribution is -0.0449. The Balaban J connectivity index is 1.48. The number of hydrogen-bond donors (Lipinski definition) is 0. The van der Waals surface area contributed by atoms with Gasteiger partial charge in [-0.2, -0.15) is 0 Å². The summed E-state index contributed by atoms with van der Waals surface area (Å²) in [6.45, 7) is 2.12. The molecular weight excluding hydrogens is 282 g/mol. The Morgan fingerprint density at radius 1 is 1.45 bits per heavy atom. The van der Waals surface area contributed by atoms with Crippen LogP contribution in [0.4, 0.5) is 0 Å². The van der Waals surface area contributed by atoms with E-state index < -0.39 is 0 Å². The third-order valence-corrected chi connectivity index (χ3v) is 4.73. The standard InChI is InChI=1S/C16H19N3O3/c20-15(13-2-7-21-9-13)18-5-1-3-16(11-18)8-14(10-22-16)19-6-4-17-12-19/h2,4,6-7,9,12,14H,1,3,5,8,10-11H2/t14-,16+/m0/s1. The van der Waals surface area contributed by atoms with E-state index in [1.165, 1.54) is 12.5 Å². The highest BCUT2D eigenvalue weighted by molar-refractivity contribution is 5.93. The van der Waals surface area contributed by atoms with Crippen LogP contribution in [0.15, 0.2) is 41.7 Å². The van der Waals surface area contributed by atoms with E-state index in [-0.39, 0.29) is 11.5 Å². The Labute approximate surface area is 128 Å². The van der Waals surface area contributed by atoms with Gasteiger partial charge in [0.15, 0.2) is 0 Å². The molecule has 22 heavy (non-hydrogen) atoms. The fraction of sp³-hybridized carbons (Fsp3) is 0.500. The third-order valence-electron chi connectivity index (χ3n) is 4.73. The highest BCUT2D eigenvalue weighted by Crippen LogP contribution is 2.39. The Morgan fingerprint density at radius 3 is 3.18 bits per heavy atom. The van der Waals surface area contributed by atoms with Crippen LogP contribution in [0.25, 0.3) is 0 Å². The molecule has 0 unspecified atom stereocenters. The molecule has 4 heterocycles. The van der Waals surface area contributed by atoms with E-state index in [0.29, 0.717) is 24.8 Å². The maximum atomic E-state index is 12.5. The van der Waals surface area contributed by atoms with E-state index in [9.17, 15) is 4.79 Å². The SMILES string of the molecule is O=C(c1ccoc1)N1CCC[C@@]2(C[C@H](n3ccnc3)CO2)C1. The fourth-order valence-corrected chi connectivity index (χ4v) is 3.62. The van der Waals surface area contributed by atoms with E-state index in [1.807, 2.05) is 17.4 Å². The molecule has 1 amide bonds. The molecule has 0 radical (unpaired) electrons. The van der Waals surface area contributed by atoms with Gasteiger partial charge < -0.3 is 18.6 Å². The number of ether oxygens (including phenoxy) is 1. The van der Waals surface area contributed by atoms with Crippen LogP contribution in [0.5, 0.6) is 0 Å². The van der Waals surface area contributed by atoms with Crippen molar-refractivity contribution in [3.05, 3.63) is 42.9 Å². The van der Waals surface area contributed by atoms with Crippen LogP contribution < -0.4 is 0 Å². The summed E-state index contributed by atoms with van der Waals surface area (Å²) in [7, 11) is 0. The lowest BCUT2D eigenvalue weighted by atomic mass is 9.88. The van der Waals surface area contributed by atoms with Crippen LogP contribution in [0.3, 0.4) is 0 Å². The number of nitrogens with zero attached hydrogens (tertiary/aromatic N) is 3. The Morgan fingerprint density at radius 2 is 2.41 bits per heavy atom. The third kappa shape index (κ3) is 2.33. The number of furan rings is 1. The van der Waals surface area contributed by atoms with Crippen molar-refractivity contribution in [1.29, 1.82) is 0 Å². The van der Waals surface area contributed by atoms with Crippen molar-refractivity contribution < 1.29 is 13.9 Å². The molecular formula is C16H19N3O3. The van der Waals surface area contributed by atoms with Gasteiger partial charge in [-0.25, -0.2) is 4.98 Å². The first-order valence-electron chi connectivity index (χ1n) is 7.69. The minimum Gasteiger partial charge on any atom is -0.472 e. The summed E-state index contributed by atoms with van der Waals surface area (Å²) < 4.78 is 13.3. The van der Waals surface area contributed by atoms with Crippen molar-refractivity contribution in [2.45, 2.75) is 30.9 Å². The summed E-state index contributed by atoms with van der Waals surface area (Å²) in [5.41, 5.74) is 0.397. The highest BCUT2D eigenvalue weighted by atomic mass is 16.5. The average Bonchev–Trinajstić information content (AvgIpc) is 3.28. The van der Waals surface area contributed by atoms with E-state index >= 15 is 0 Å². The lowest BCUT2D eigenvalue weighted by Gasteiger charge is -2.39. The second kappa shape index (κ2) is 5.28. The summed E-state index contributed by atoms with van der Waals surface area (Å²) in [5.74, 6) is 0.0301. The van der Waals surface area contributed by atoms with Gasteiger partial charge in [0.25, 0.3) is 5.91 Å². The minimum atomic E-state index is -0.216. The second-order valence-corrected chi connectivity index (χ2v) is 6.20. The molecule has 2 atom stereocenters. The van der Waals surface area contributed by atoms with Gasteiger partial charge in [0.05, 0.1) is 42.9 Å². The number of carbonyl (C=O) groups excluding carboxylic acids is 1. The molecule has 116 valence electrons. The molecule has 2 aromatic rings. The van der Waals surface area contributed by atoms with Crippen molar-refractivity contribution in [3.63, 3.8) is 0 Å². The summed E-state index contributed by atoms with van der Waals surface area (Å²) in [6, 6.07) is 2.03. The highest BCUT2D eigenvalue weighted by Gasteiger charge is 2.45. The number of carbonyl (C=O) groups is 1. The zero-order valence-corrected chi connectivity index (χ0v) is 12.4. The molecule has 4 rings (SSSR count). The van der Waals surface area contributed by atoms with Crippen molar-refractivity contribution in [2.24, 2.45) is 0 Å². The molecule has 0 bridgehead atoms. The van der Waals surface area contributed by atoms with E-state index in [1.54, 1.807) is 12.3 Å². The molecule has 1 spiro atoms. The number of piperidine rings is 1. The number of aromatic nitrogens is 2. The normalized spacial score (nSPS) is 28.4. The molecule has 2 saturated heterocycles. The van der Waals surface area contributed by atoms with Crippen LogP contribution >= 0.6 is 0 Å². The largest absolute Gasteiger partial charge is 0.472 e. The molecule has 0 N–H and O–H groups in total. The number of likely N-dealkylation sites (tertiary alicyclic amines) is 1. The fourth-order valence-electron chi connectivity index (χ4n) is 3.62. The van der Waals surface area contributed by atoms with Gasteiger partial charge in [-0.05, 0) is 18.9 Å². The Bertz CT molecular complexity index is 638. The van der Waals surface area contributed by atoms with Gasteiger partial charge in [0.1, 0.15) is 6.26 Å². The molecule has 0 aromatic carbocycles. The van der Waals surface area contributed by atoms with Crippen molar-refractivity contribution in [2.75, 3.05) is 19.7 Å². The van der Waals surface area contributed by atoms with E-state index in [2.05, 4.69) is 9.55 Å². The quantitative estimate of drug-likeness (QED) is 0.852. The number of amides is 1. The van der Waals surface area contributed by atoms with Crippen molar-refractivity contribution in [1.82, 2.24) is 14.5 Å². The van der Waals surface area contributed by atoms with Crippen LogP contribution in [0.1, 0.15) is 35.7 Å². The van der Waals surface area contributed by atoms with Crippen LogP contribution in [-0.4, -0.2) is 45.7 Å². The van der Waals surface area contributed by atoms with Crippen LogP contribution in [0.2, 0.25) is 0 Å². The van der Waals surface area contributed by atoms with Gasteiger partial charge >= 0.3 is 0 Å². The molecule has 0 saturated carbocycles. The van der Waals surface area contributed by atoms with Crippen molar-refractivity contribution in [3.8, 4) is 0 Å². The summed E-state index contributed by atoms with van der Waals surface area (Å²) in [6.07, 6.45) is 11.6. The molecule has 2 aromatic heterocycles. The van der Waals surface area contributed by atoms with E-state index in [0.717, 1.165) is 25.8 Å². The predicted molar refractivity (Wildman–Crippen MR) is 78.4 cm³/mol. The lowest BCUT2D eigenvalue weighted by Crippen LogP contribution is -2.50. The first kappa shape index (κ1) is 13.6. The Hall–Kier alpha value is -2.08. The van der Waals surface area contributed by atoms with Gasteiger partial charge in [-0.3, -0.25) is 4.79 Å². The van der Waals surface area contributed by atoms with Gasteiger partial charge in [0, 0.05) is 25.4 Å². The average molecular weight is 301 g/mol. The van der Waals surface area contributed by atoms with Gasteiger partial charge in [0.2, 0.25) is 0 Å². The van der Waals surface area contributed by atoms with Gasteiger partial charge in [-0.1, -0.05) is 0 Å². The molecule has 2 fully saturated rings. The Kier molecular flexibility index (Phi) is 3.26. The zero-order valence-electron chi connectivity index (χ0n) is 12.4. The maximum absolute atomic E-state index is 12.5. The van der Waals surface area contributed by atoms with E-state index in [4.69, 9.17) is 9.15 Å². The number of imidazole rings is 1. The van der Waals surface area contributed by atoms with Crippen molar-refractivity contribution >= 4 is 5.91 Å². The molecule has 0 aliphatic carbocycles. The maximum Gasteiger partial charge on any atom is 0.257 e.